The van der Waals surface area contributed by atoms with Crippen LogP contribution in [-0.2, 0) is 6.54 Å². The van der Waals surface area contributed by atoms with E-state index in [2.05, 4.69) is 0 Å². The Balaban J connectivity index is 2.45. The fourth-order valence-corrected chi connectivity index (χ4v) is 2.11. The number of aryl methyl sites for hydroxylation is 1. The molecule has 0 aliphatic heterocycles. The number of aromatic nitrogens is 1. The number of pyridine rings is 1. The van der Waals surface area contributed by atoms with Gasteiger partial charge < -0.3 is 10.8 Å². The Labute approximate surface area is 124 Å². The van der Waals surface area contributed by atoms with Crippen molar-refractivity contribution in [1.82, 2.24) is 4.57 Å². The number of aromatic hydroxyl groups is 1. The van der Waals surface area contributed by atoms with E-state index in [1.54, 1.807) is 0 Å². The SMILES string of the molecule is Cc1cc(O)n(Cc2ccc([N+](=O)[O-])cc2)c(=O)c1C(N)=O. The van der Waals surface area contributed by atoms with Crippen molar-refractivity contribution >= 4 is 11.6 Å². The van der Waals surface area contributed by atoms with E-state index in [1.807, 2.05) is 0 Å². The zero-order valence-corrected chi connectivity index (χ0v) is 11.6. The highest BCUT2D eigenvalue weighted by atomic mass is 16.6. The van der Waals surface area contributed by atoms with E-state index in [0.717, 1.165) is 4.57 Å². The minimum atomic E-state index is -0.875. The molecule has 1 amide bonds. The second kappa shape index (κ2) is 5.68. The summed E-state index contributed by atoms with van der Waals surface area (Å²) in [6.45, 7) is 1.46. The molecule has 1 heterocycles. The molecule has 0 radical (unpaired) electrons. The predicted molar refractivity (Wildman–Crippen MR) is 77.8 cm³/mol. The Kier molecular flexibility index (Phi) is 3.93. The third-order valence-corrected chi connectivity index (χ3v) is 3.21. The van der Waals surface area contributed by atoms with E-state index in [0.29, 0.717) is 5.56 Å². The lowest BCUT2D eigenvalue weighted by molar-refractivity contribution is -0.384. The first-order valence-corrected chi connectivity index (χ1v) is 6.27. The van der Waals surface area contributed by atoms with Crippen molar-refractivity contribution in [2.45, 2.75) is 13.5 Å². The summed E-state index contributed by atoms with van der Waals surface area (Å²) in [7, 11) is 0. The minimum absolute atomic E-state index is 0.0385. The van der Waals surface area contributed by atoms with Crippen LogP contribution in [0.4, 0.5) is 5.69 Å². The number of benzene rings is 1. The lowest BCUT2D eigenvalue weighted by Gasteiger charge is -2.11. The predicted octanol–water partition coefficient (Wildman–Crippen LogP) is 0.918. The van der Waals surface area contributed by atoms with Crippen LogP contribution in [0, 0.1) is 17.0 Å². The van der Waals surface area contributed by atoms with Crippen LogP contribution in [0.2, 0.25) is 0 Å². The van der Waals surface area contributed by atoms with E-state index in [-0.39, 0.29) is 29.2 Å². The van der Waals surface area contributed by atoms with Crippen molar-refractivity contribution in [1.29, 1.82) is 0 Å². The molecule has 114 valence electrons. The van der Waals surface area contributed by atoms with E-state index < -0.39 is 16.4 Å². The van der Waals surface area contributed by atoms with Crippen molar-refractivity contribution in [3.63, 3.8) is 0 Å². The van der Waals surface area contributed by atoms with Crippen molar-refractivity contribution in [2.75, 3.05) is 0 Å². The zero-order valence-electron chi connectivity index (χ0n) is 11.6. The smallest absolute Gasteiger partial charge is 0.269 e. The number of non-ortho nitro benzene ring substituents is 1. The van der Waals surface area contributed by atoms with Gasteiger partial charge in [-0.05, 0) is 18.1 Å². The number of amides is 1. The summed E-state index contributed by atoms with van der Waals surface area (Å²) in [5.74, 6) is -1.19. The molecule has 8 heteroatoms. The molecule has 0 unspecified atom stereocenters. The van der Waals surface area contributed by atoms with Crippen LogP contribution in [0.3, 0.4) is 0 Å². The maximum Gasteiger partial charge on any atom is 0.269 e. The Morgan fingerprint density at radius 1 is 1.36 bits per heavy atom. The van der Waals surface area contributed by atoms with Gasteiger partial charge in [-0.2, -0.15) is 0 Å². The van der Waals surface area contributed by atoms with Gasteiger partial charge in [0, 0.05) is 18.2 Å². The molecule has 2 aromatic rings. The number of hydrogen-bond acceptors (Lipinski definition) is 5. The molecule has 0 atom stereocenters. The number of primary amides is 1. The second-order valence-corrected chi connectivity index (χ2v) is 4.74. The second-order valence-electron chi connectivity index (χ2n) is 4.74. The minimum Gasteiger partial charge on any atom is -0.494 e. The van der Waals surface area contributed by atoms with Crippen LogP contribution < -0.4 is 11.3 Å². The average Bonchev–Trinajstić information content (AvgIpc) is 2.43. The van der Waals surface area contributed by atoms with Gasteiger partial charge in [0.05, 0.1) is 11.5 Å². The summed E-state index contributed by atoms with van der Waals surface area (Å²) in [6, 6.07) is 6.79. The molecule has 0 fully saturated rings. The number of nitro benzene ring substituents is 1. The molecule has 0 spiro atoms. The van der Waals surface area contributed by atoms with Gasteiger partial charge in [-0.25, -0.2) is 0 Å². The quantitative estimate of drug-likeness (QED) is 0.641. The van der Waals surface area contributed by atoms with Crippen molar-refractivity contribution in [2.24, 2.45) is 5.73 Å². The van der Waals surface area contributed by atoms with Crippen molar-refractivity contribution in [3.8, 4) is 5.88 Å². The van der Waals surface area contributed by atoms with Gasteiger partial charge in [0.25, 0.3) is 17.2 Å². The monoisotopic (exact) mass is 303 g/mol. The topological polar surface area (TPSA) is 128 Å². The number of hydrogen-bond donors (Lipinski definition) is 2. The highest BCUT2D eigenvalue weighted by Crippen LogP contribution is 2.16. The number of rotatable bonds is 4. The van der Waals surface area contributed by atoms with E-state index in [9.17, 15) is 24.8 Å². The highest BCUT2D eigenvalue weighted by Gasteiger charge is 2.16. The third-order valence-electron chi connectivity index (χ3n) is 3.21. The number of nitro groups is 1. The Hall–Kier alpha value is -3.16. The molecule has 0 saturated heterocycles. The molecule has 8 nitrogen and oxygen atoms in total. The van der Waals surface area contributed by atoms with Gasteiger partial charge in [-0.1, -0.05) is 12.1 Å². The third kappa shape index (κ3) is 2.80. The van der Waals surface area contributed by atoms with Crippen LogP contribution >= 0.6 is 0 Å². The molecule has 1 aromatic carbocycles. The molecule has 0 bridgehead atoms. The summed E-state index contributed by atoms with van der Waals surface area (Å²) in [4.78, 5) is 33.6. The molecule has 2 rings (SSSR count). The molecule has 1 aromatic heterocycles. The fraction of sp³-hybridized carbons (Fsp3) is 0.143. The maximum atomic E-state index is 12.2. The van der Waals surface area contributed by atoms with Gasteiger partial charge in [0.2, 0.25) is 0 Å². The van der Waals surface area contributed by atoms with Gasteiger partial charge in [0.1, 0.15) is 5.56 Å². The zero-order chi connectivity index (χ0) is 16.4. The number of carbonyl (C=O) groups is 1. The van der Waals surface area contributed by atoms with Gasteiger partial charge in [-0.15, -0.1) is 0 Å². The number of nitrogens with two attached hydrogens (primary N) is 1. The first-order valence-electron chi connectivity index (χ1n) is 6.27. The largest absolute Gasteiger partial charge is 0.494 e. The van der Waals surface area contributed by atoms with Crippen LogP contribution in [0.25, 0.3) is 0 Å². The first kappa shape index (κ1) is 15.2. The van der Waals surface area contributed by atoms with Crippen LogP contribution in [0.1, 0.15) is 21.5 Å². The van der Waals surface area contributed by atoms with E-state index in [1.165, 1.54) is 37.3 Å². The molecule has 22 heavy (non-hydrogen) atoms. The van der Waals surface area contributed by atoms with Crippen molar-refractivity contribution < 1.29 is 14.8 Å². The van der Waals surface area contributed by atoms with E-state index in [4.69, 9.17) is 5.73 Å². The molecule has 0 aliphatic carbocycles. The summed E-state index contributed by atoms with van der Waals surface area (Å²) in [6.07, 6.45) is 0. The first-order chi connectivity index (χ1) is 10.3. The summed E-state index contributed by atoms with van der Waals surface area (Å²) >= 11 is 0. The molecular formula is C14H13N3O5. The maximum absolute atomic E-state index is 12.2. The Morgan fingerprint density at radius 2 is 1.95 bits per heavy atom. The Bertz CT molecular complexity index is 808. The van der Waals surface area contributed by atoms with Crippen LogP contribution in [0.5, 0.6) is 5.88 Å². The summed E-state index contributed by atoms with van der Waals surface area (Å²) in [5, 5.41) is 20.5. The lowest BCUT2D eigenvalue weighted by Crippen LogP contribution is -2.31. The van der Waals surface area contributed by atoms with Crippen LogP contribution in [-0.4, -0.2) is 20.5 Å². The molecule has 0 saturated carbocycles. The number of nitrogens with zero attached hydrogens (tertiary/aromatic N) is 2. The van der Waals surface area contributed by atoms with E-state index >= 15 is 0 Å². The van der Waals surface area contributed by atoms with Gasteiger partial charge in [-0.3, -0.25) is 24.3 Å². The van der Waals surface area contributed by atoms with Gasteiger partial charge >= 0.3 is 0 Å². The normalized spacial score (nSPS) is 10.4. The van der Waals surface area contributed by atoms with Gasteiger partial charge in [0.15, 0.2) is 5.88 Å². The fourth-order valence-electron chi connectivity index (χ4n) is 2.11. The highest BCUT2D eigenvalue weighted by molar-refractivity contribution is 5.93. The number of carbonyl (C=O) groups excluding carboxylic acids is 1. The summed E-state index contributed by atoms with van der Waals surface area (Å²) in [5.41, 5.74) is 5.04. The summed E-state index contributed by atoms with van der Waals surface area (Å²) < 4.78 is 0.980. The molecule has 0 aliphatic rings. The van der Waals surface area contributed by atoms with Crippen molar-refractivity contribution in [3.05, 3.63) is 67.5 Å². The standard InChI is InChI=1S/C14H13N3O5/c1-8-6-11(18)16(14(20)12(8)13(15)19)7-9-2-4-10(5-3-9)17(21)22/h2-6,18H,7H2,1H3,(H2,15,19). The average molecular weight is 303 g/mol. The molecular weight excluding hydrogens is 290 g/mol. The molecule has 3 N–H and O–H groups in total. The lowest BCUT2D eigenvalue weighted by atomic mass is 10.1. The van der Waals surface area contributed by atoms with Crippen LogP contribution in [0.15, 0.2) is 35.1 Å². The Morgan fingerprint density at radius 3 is 2.45 bits per heavy atom.